The number of aliphatic hydroxyl groups is 1. The lowest BCUT2D eigenvalue weighted by atomic mass is 9.82. The van der Waals surface area contributed by atoms with E-state index in [1.54, 1.807) is 27.3 Å². The van der Waals surface area contributed by atoms with Crippen molar-refractivity contribution in [3.05, 3.63) is 78.0 Å². The van der Waals surface area contributed by atoms with Crippen molar-refractivity contribution in [1.29, 1.82) is 0 Å². The zero-order chi connectivity index (χ0) is 38.7. The first kappa shape index (κ1) is 39.3. The van der Waals surface area contributed by atoms with E-state index in [1.807, 2.05) is 12.1 Å². The number of nitrogens with zero attached hydrogens (tertiary/aromatic N) is 5. The molecular formula is C45H63N7O3. The molecule has 3 saturated carbocycles. The number of hydrogen-bond acceptors (Lipinski definition) is 8. The number of fused-ring (bicyclic) bond motifs is 2. The zero-order valence-electron chi connectivity index (χ0n) is 34.1. The Morgan fingerprint density at radius 2 is 1.71 bits per heavy atom. The standard InChI is InChI=1S/C32H45N5O3.C13H18N2/c1-32(2,38)40-29-17-26(16-24(29)20-36(25-8-5-9-25)19-23-6-4-7-23)37-15-14-28-30(34-21-35-31(28)37)33-18-22-10-12-27(39-3)13-11-22;1-5-12-14-10-7-6-9(13(2,3)4)8-11(10)15-12/h10-15,21,23-26,29,38H,4-9,16-20H2,1-3H3,(H,33,34,35);6-8H,5H2,1-4H3,(H,14,15)/t24?,26?,29-;/m0./s1. The average molecular weight is 750 g/mol. The lowest BCUT2D eigenvalue weighted by Crippen LogP contribution is -2.47. The first-order chi connectivity index (χ1) is 26.4. The minimum absolute atomic E-state index is 0.0147. The number of H-pyrrole nitrogens is 1. The quantitative estimate of drug-likeness (QED) is 0.102. The molecule has 3 aliphatic rings. The summed E-state index contributed by atoms with van der Waals surface area (Å²) in [5.41, 5.74) is 5.88. The minimum Gasteiger partial charge on any atom is -0.497 e. The van der Waals surface area contributed by atoms with Crippen LogP contribution < -0.4 is 10.1 Å². The van der Waals surface area contributed by atoms with Gasteiger partial charge in [-0.3, -0.25) is 4.90 Å². The Hall–Kier alpha value is -3.99. The fourth-order valence-corrected chi connectivity index (χ4v) is 8.46. The first-order valence-electron chi connectivity index (χ1n) is 20.7. The van der Waals surface area contributed by atoms with E-state index < -0.39 is 5.79 Å². The van der Waals surface area contributed by atoms with E-state index in [-0.39, 0.29) is 17.6 Å². The number of rotatable bonds is 13. The molecule has 2 unspecified atom stereocenters. The van der Waals surface area contributed by atoms with E-state index in [0.717, 1.165) is 82.8 Å². The molecule has 10 heteroatoms. The van der Waals surface area contributed by atoms with Crippen LogP contribution in [0.1, 0.15) is 116 Å². The van der Waals surface area contributed by atoms with E-state index >= 15 is 0 Å². The number of hydrogen-bond donors (Lipinski definition) is 3. The number of methoxy groups -OCH3 is 1. The highest BCUT2D eigenvalue weighted by atomic mass is 16.6. The Bertz CT molecular complexity index is 2000. The summed E-state index contributed by atoms with van der Waals surface area (Å²) in [6.45, 7) is 15.3. The fraction of sp³-hybridized carbons (Fsp3) is 0.578. The summed E-state index contributed by atoms with van der Waals surface area (Å²) in [6.07, 6.45) is 14.8. The van der Waals surface area contributed by atoms with Crippen molar-refractivity contribution in [2.45, 2.75) is 135 Å². The highest BCUT2D eigenvalue weighted by Gasteiger charge is 2.41. The van der Waals surface area contributed by atoms with Crippen LogP contribution >= 0.6 is 0 Å². The molecule has 3 aliphatic carbocycles. The minimum atomic E-state index is -1.15. The van der Waals surface area contributed by atoms with Crippen LogP contribution in [0.15, 0.2) is 61.1 Å². The van der Waals surface area contributed by atoms with Crippen LogP contribution in [0.5, 0.6) is 5.75 Å². The monoisotopic (exact) mass is 749 g/mol. The molecular weight excluding hydrogens is 687 g/mol. The van der Waals surface area contributed by atoms with Gasteiger partial charge in [-0.2, -0.15) is 0 Å². The van der Waals surface area contributed by atoms with Crippen LogP contribution in [0.2, 0.25) is 0 Å². The van der Waals surface area contributed by atoms with Crippen molar-refractivity contribution >= 4 is 27.9 Å². The van der Waals surface area contributed by atoms with E-state index in [0.29, 0.717) is 12.5 Å². The molecule has 3 fully saturated rings. The molecule has 3 atom stereocenters. The van der Waals surface area contributed by atoms with Gasteiger partial charge in [0.25, 0.3) is 0 Å². The van der Waals surface area contributed by atoms with Crippen molar-refractivity contribution in [1.82, 2.24) is 29.4 Å². The smallest absolute Gasteiger partial charge is 0.160 e. The van der Waals surface area contributed by atoms with Gasteiger partial charge in [0.2, 0.25) is 0 Å². The Balaban J connectivity index is 0.000000259. The zero-order valence-corrected chi connectivity index (χ0v) is 34.1. The van der Waals surface area contributed by atoms with E-state index in [9.17, 15) is 5.11 Å². The number of aromatic amines is 1. The molecule has 0 saturated heterocycles. The summed E-state index contributed by atoms with van der Waals surface area (Å²) in [5.74, 6) is 2.86. The Morgan fingerprint density at radius 3 is 2.35 bits per heavy atom. The summed E-state index contributed by atoms with van der Waals surface area (Å²) < 4.78 is 13.9. The molecule has 3 heterocycles. The summed E-state index contributed by atoms with van der Waals surface area (Å²) >= 11 is 0. The maximum atomic E-state index is 10.6. The number of aryl methyl sites for hydroxylation is 1. The van der Waals surface area contributed by atoms with Gasteiger partial charge in [-0.25, -0.2) is 15.0 Å². The third-order valence-corrected chi connectivity index (χ3v) is 12.1. The largest absolute Gasteiger partial charge is 0.497 e. The third-order valence-electron chi connectivity index (χ3n) is 12.1. The molecule has 0 bridgehead atoms. The molecule has 3 aromatic heterocycles. The number of ether oxygens (including phenoxy) is 2. The topological polar surface area (TPSA) is 113 Å². The van der Waals surface area contributed by atoms with Crippen LogP contribution in [-0.4, -0.2) is 72.6 Å². The summed E-state index contributed by atoms with van der Waals surface area (Å²) in [4.78, 5) is 19.9. The second-order valence-corrected chi connectivity index (χ2v) is 17.7. The van der Waals surface area contributed by atoms with Crippen LogP contribution in [0.4, 0.5) is 5.82 Å². The lowest BCUT2D eigenvalue weighted by Gasteiger charge is -2.43. The van der Waals surface area contributed by atoms with Gasteiger partial charge < -0.3 is 29.4 Å². The van der Waals surface area contributed by atoms with Crippen LogP contribution in [0, 0.1) is 11.8 Å². The Labute approximate surface area is 327 Å². The highest BCUT2D eigenvalue weighted by Crippen LogP contribution is 2.42. The highest BCUT2D eigenvalue weighted by molar-refractivity contribution is 5.87. The SMILES string of the molecule is CCc1nc2ccc(C(C)(C)C)cc2[nH]1.COc1ccc(CNc2ncnc3c2ccn3C2CC(CN(CC3CCC3)C3CCC3)[C@@H](OC(C)(C)O)C2)cc1. The van der Waals surface area contributed by atoms with Crippen LogP contribution in [-0.2, 0) is 23.1 Å². The number of aromatic nitrogens is 5. The number of nitrogens with one attached hydrogen (secondary N) is 2. The predicted octanol–water partition coefficient (Wildman–Crippen LogP) is 9.19. The van der Waals surface area contributed by atoms with Gasteiger partial charge in [0, 0.05) is 44.3 Å². The maximum Gasteiger partial charge on any atom is 0.160 e. The molecule has 296 valence electrons. The summed E-state index contributed by atoms with van der Waals surface area (Å²) in [6, 6.07) is 17.7. The fourth-order valence-electron chi connectivity index (χ4n) is 8.46. The Kier molecular flexibility index (Phi) is 11.9. The molecule has 5 aromatic rings. The van der Waals surface area contributed by atoms with Gasteiger partial charge in [0.1, 0.15) is 29.4 Å². The second-order valence-electron chi connectivity index (χ2n) is 17.7. The predicted molar refractivity (Wildman–Crippen MR) is 222 cm³/mol. The van der Waals surface area contributed by atoms with Gasteiger partial charge in [-0.15, -0.1) is 0 Å². The van der Waals surface area contributed by atoms with Gasteiger partial charge >= 0.3 is 0 Å². The maximum absolute atomic E-state index is 10.6. The molecule has 10 nitrogen and oxygen atoms in total. The molecule has 0 spiro atoms. The molecule has 55 heavy (non-hydrogen) atoms. The Morgan fingerprint density at radius 1 is 0.945 bits per heavy atom. The summed E-state index contributed by atoms with van der Waals surface area (Å²) in [7, 11) is 1.68. The number of anilines is 1. The summed E-state index contributed by atoms with van der Waals surface area (Å²) in [5, 5.41) is 15.2. The second kappa shape index (κ2) is 16.6. The van der Waals surface area contributed by atoms with E-state index in [4.69, 9.17) is 14.5 Å². The number of benzene rings is 2. The molecule has 8 rings (SSSR count). The van der Waals surface area contributed by atoms with Crippen molar-refractivity contribution in [3.8, 4) is 5.75 Å². The van der Waals surface area contributed by atoms with Crippen LogP contribution in [0.3, 0.4) is 0 Å². The van der Waals surface area contributed by atoms with Gasteiger partial charge in [-0.05, 0) is 111 Å². The number of imidazole rings is 1. The van der Waals surface area contributed by atoms with E-state index in [1.165, 1.54) is 50.6 Å². The first-order valence-corrected chi connectivity index (χ1v) is 20.7. The van der Waals surface area contributed by atoms with Crippen molar-refractivity contribution < 1.29 is 14.6 Å². The van der Waals surface area contributed by atoms with Crippen LogP contribution in [0.25, 0.3) is 22.1 Å². The molecule has 0 amide bonds. The molecule has 3 N–H and O–H groups in total. The van der Waals surface area contributed by atoms with Gasteiger partial charge in [-0.1, -0.05) is 58.7 Å². The third kappa shape index (κ3) is 9.52. The lowest BCUT2D eigenvalue weighted by molar-refractivity contribution is -0.214. The van der Waals surface area contributed by atoms with E-state index in [2.05, 4.69) is 100 Å². The van der Waals surface area contributed by atoms with Gasteiger partial charge in [0.05, 0.1) is 29.6 Å². The normalized spacial score (nSPS) is 20.7. The average Bonchev–Trinajstić information content (AvgIpc) is 3.84. The molecule has 0 radical (unpaired) electrons. The van der Waals surface area contributed by atoms with Crippen molar-refractivity contribution in [2.24, 2.45) is 11.8 Å². The molecule has 0 aliphatic heterocycles. The van der Waals surface area contributed by atoms with Crippen molar-refractivity contribution in [2.75, 3.05) is 25.5 Å². The van der Waals surface area contributed by atoms with Crippen molar-refractivity contribution in [3.63, 3.8) is 0 Å². The molecule has 2 aromatic carbocycles. The van der Waals surface area contributed by atoms with Gasteiger partial charge in [0.15, 0.2) is 5.79 Å².